The third-order valence-electron chi connectivity index (χ3n) is 5.13. The highest BCUT2D eigenvalue weighted by Gasteiger charge is 2.18. The highest BCUT2D eigenvalue weighted by molar-refractivity contribution is 6.45. The third-order valence-corrected chi connectivity index (χ3v) is 5.95. The van der Waals surface area contributed by atoms with Crippen LogP contribution in [0.5, 0.6) is 0 Å². The number of carbonyl (C=O) groups excluding carboxylic acids is 1. The third kappa shape index (κ3) is 3.58. The predicted octanol–water partition coefficient (Wildman–Crippen LogP) is 4.63. The van der Waals surface area contributed by atoms with Crippen LogP contribution in [0.2, 0.25) is 10.0 Å². The van der Waals surface area contributed by atoms with Gasteiger partial charge >= 0.3 is 0 Å². The van der Waals surface area contributed by atoms with Crippen LogP contribution < -0.4 is 15.5 Å². The molecule has 4 rings (SSSR count). The van der Waals surface area contributed by atoms with Gasteiger partial charge in [0.1, 0.15) is 5.69 Å². The number of aromatic nitrogens is 1. The van der Waals surface area contributed by atoms with Crippen molar-refractivity contribution >= 4 is 51.4 Å². The zero-order valence-corrected chi connectivity index (χ0v) is 17.1. The molecule has 0 radical (unpaired) electrons. The van der Waals surface area contributed by atoms with Crippen LogP contribution in [-0.4, -0.2) is 36.7 Å². The largest absolute Gasteiger partial charge is 0.369 e. The average Bonchev–Trinajstić information content (AvgIpc) is 3.11. The molecule has 0 unspecified atom stereocenters. The number of aryl methyl sites for hydroxylation is 1. The summed E-state index contributed by atoms with van der Waals surface area (Å²) in [5.41, 5.74) is 3.40. The minimum Gasteiger partial charge on any atom is -0.369 e. The molecule has 2 heterocycles. The number of nitrogens with one attached hydrogen (secondary N) is 2. The van der Waals surface area contributed by atoms with Gasteiger partial charge in [0.05, 0.1) is 15.6 Å². The summed E-state index contributed by atoms with van der Waals surface area (Å²) in [6.07, 6.45) is 0. The fraction of sp³-hybridized carbons (Fsp3) is 0.286. The van der Waals surface area contributed by atoms with Crippen molar-refractivity contribution in [3.63, 3.8) is 0 Å². The molecule has 1 aliphatic rings. The number of fused-ring (bicyclic) bond motifs is 1. The first kappa shape index (κ1) is 19.1. The Morgan fingerprint density at radius 1 is 1.11 bits per heavy atom. The lowest BCUT2D eigenvalue weighted by Gasteiger charge is -2.29. The number of benzene rings is 2. The molecule has 0 atom stereocenters. The molecule has 2 N–H and O–H groups in total. The minimum absolute atomic E-state index is 0.167. The van der Waals surface area contributed by atoms with Crippen LogP contribution in [-0.2, 0) is 6.54 Å². The smallest absolute Gasteiger partial charge is 0.272 e. The summed E-state index contributed by atoms with van der Waals surface area (Å²) in [7, 11) is 0. The molecular formula is C21H22Cl2N4O. The number of rotatable bonds is 4. The summed E-state index contributed by atoms with van der Waals surface area (Å²) < 4.78 is 1.95. The molecule has 2 aromatic carbocycles. The lowest BCUT2D eigenvalue weighted by Crippen LogP contribution is -2.43. The second-order valence-corrected chi connectivity index (χ2v) is 7.59. The zero-order valence-electron chi connectivity index (χ0n) is 15.6. The Hall–Kier alpha value is -2.21. The highest BCUT2D eigenvalue weighted by atomic mass is 35.5. The summed E-state index contributed by atoms with van der Waals surface area (Å²) in [5.74, 6) is -0.167. The van der Waals surface area contributed by atoms with Gasteiger partial charge in [-0.1, -0.05) is 23.2 Å². The van der Waals surface area contributed by atoms with Crippen molar-refractivity contribution in [2.75, 3.05) is 36.4 Å². The van der Waals surface area contributed by atoms with E-state index in [2.05, 4.69) is 15.5 Å². The molecule has 0 bridgehead atoms. The highest BCUT2D eigenvalue weighted by Crippen LogP contribution is 2.33. The van der Waals surface area contributed by atoms with E-state index in [4.69, 9.17) is 23.2 Å². The van der Waals surface area contributed by atoms with E-state index in [9.17, 15) is 4.79 Å². The van der Waals surface area contributed by atoms with Gasteiger partial charge < -0.3 is 20.1 Å². The molecule has 1 amide bonds. The van der Waals surface area contributed by atoms with Crippen molar-refractivity contribution in [2.45, 2.75) is 13.5 Å². The molecule has 1 aromatic heterocycles. The van der Waals surface area contributed by atoms with E-state index in [0.717, 1.165) is 42.8 Å². The van der Waals surface area contributed by atoms with Crippen LogP contribution in [0.4, 0.5) is 11.4 Å². The number of anilines is 2. The van der Waals surface area contributed by atoms with Gasteiger partial charge in [-0.3, -0.25) is 4.79 Å². The van der Waals surface area contributed by atoms with Crippen molar-refractivity contribution in [1.82, 2.24) is 9.88 Å². The molecule has 5 nitrogen and oxygen atoms in total. The monoisotopic (exact) mass is 416 g/mol. The maximum absolute atomic E-state index is 12.9. The van der Waals surface area contributed by atoms with Gasteiger partial charge in [-0.25, -0.2) is 0 Å². The number of amides is 1. The first-order valence-electron chi connectivity index (χ1n) is 9.43. The number of hydrogen-bond acceptors (Lipinski definition) is 3. The van der Waals surface area contributed by atoms with Crippen molar-refractivity contribution < 1.29 is 4.79 Å². The average molecular weight is 417 g/mol. The molecular weight excluding hydrogens is 395 g/mol. The van der Waals surface area contributed by atoms with Gasteiger partial charge in [0, 0.05) is 49.5 Å². The van der Waals surface area contributed by atoms with Crippen LogP contribution in [0.25, 0.3) is 10.9 Å². The quantitative estimate of drug-likeness (QED) is 0.651. The summed E-state index contributed by atoms with van der Waals surface area (Å²) in [5, 5.41) is 8.09. The van der Waals surface area contributed by atoms with Crippen LogP contribution >= 0.6 is 23.2 Å². The second kappa shape index (κ2) is 8.03. The molecule has 0 saturated carbocycles. The summed E-state index contributed by atoms with van der Waals surface area (Å²) in [4.78, 5) is 15.3. The van der Waals surface area contributed by atoms with Gasteiger partial charge in [-0.05, 0) is 49.4 Å². The van der Waals surface area contributed by atoms with E-state index in [1.807, 2.05) is 41.8 Å². The Balaban J connectivity index is 1.57. The first-order chi connectivity index (χ1) is 13.6. The molecule has 3 aromatic rings. The molecule has 7 heteroatoms. The Morgan fingerprint density at radius 2 is 1.82 bits per heavy atom. The Labute approximate surface area is 174 Å². The summed E-state index contributed by atoms with van der Waals surface area (Å²) in [6, 6.07) is 13.4. The SMILES string of the molecule is CCn1c(C(=O)Nc2ccc(N3CCNCC3)cc2)cc2c(Cl)c(Cl)ccc21. The first-order valence-corrected chi connectivity index (χ1v) is 10.2. The fourth-order valence-electron chi connectivity index (χ4n) is 3.68. The number of piperazine rings is 1. The van der Waals surface area contributed by atoms with E-state index in [1.54, 1.807) is 12.1 Å². The Morgan fingerprint density at radius 3 is 2.50 bits per heavy atom. The number of hydrogen-bond donors (Lipinski definition) is 2. The summed E-state index contributed by atoms with van der Waals surface area (Å²) >= 11 is 12.5. The van der Waals surface area contributed by atoms with Crippen molar-refractivity contribution in [1.29, 1.82) is 0 Å². The molecule has 1 saturated heterocycles. The van der Waals surface area contributed by atoms with Crippen molar-refractivity contribution in [3.05, 3.63) is 58.2 Å². The van der Waals surface area contributed by atoms with Crippen molar-refractivity contribution in [3.8, 4) is 0 Å². The van der Waals surface area contributed by atoms with E-state index in [0.29, 0.717) is 22.3 Å². The number of carbonyl (C=O) groups is 1. The molecule has 28 heavy (non-hydrogen) atoms. The maximum atomic E-state index is 12.9. The van der Waals surface area contributed by atoms with E-state index < -0.39 is 0 Å². The number of halogens is 2. The van der Waals surface area contributed by atoms with E-state index in [-0.39, 0.29) is 5.91 Å². The molecule has 0 spiro atoms. The minimum atomic E-state index is -0.167. The fourth-order valence-corrected chi connectivity index (χ4v) is 4.05. The van der Waals surface area contributed by atoms with Crippen LogP contribution in [0.1, 0.15) is 17.4 Å². The normalized spacial score (nSPS) is 14.5. The van der Waals surface area contributed by atoms with Gasteiger partial charge in [-0.15, -0.1) is 0 Å². The zero-order chi connectivity index (χ0) is 19.7. The van der Waals surface area contributed by atoms with Crippen molar-refractivity contribution in [2.24, 2.45) is 0 Å². The second-order valence-electron chi connectivity index (χ2n) is 6.81. The molecule has 1 fully saturated rings. The van der Waals surface area contributed by atoms with Gasteiger partial charge in [0.15, 0.2) is 0 Å². The Kier molecular flexibility index (Phi) is 5.49. The van der Waals surface area contributed by atoms with Crippen LogP contribution in [0.3, 0.4) is 0 Å². The summed E-state index contributed by atoms with van der Waals surface area (Å²) in [6.45, 7) is 6.63. The lowest BCUT2D eigenvalue weighted by molar-refractivity contribution is 0.101. The van der Waals surface area contributed by atoms with Gasteiger partial charge in [0.25, 0.3) is 5.91 Å². The topological polar surface area (TPSA) is 49.3 Å². The molecule has 0 aliphatic carbocycles. The van der Waals surface area contributed by atoms with Gasteiger partial charge in [0.2, 0.25) is 0 Å². The van der Waals surface area contributed by atoms with Crippen LogP contribution in [0.15, 0.2) is 42.5 Å². The molecule has 1 aliphatic heterocycles. The van der Waals surface area contributed by atoms with Crippen LogP contribution in [0, 0.1) is 0 Å². The molecule has 146 valence electrons. The predicted molar refractivity (Wildman–Crippen MR) is 117 cm³/mol. The number of nitrogens with zero attached hydrogens (tertiary/aromatic N) is 2. The maximum Gasteiger partial charge on any atom is 0.272 e. The standard InChI is InChI=1S/C21H22Cl2N4O/c1-2-27-18-8-7-17(22)20(23)16(18)13-19(27)21(28)25-14-3-5-15(6-4-14)26-11-9-24-10-12-26/h3-8,13,24H,2,9-12H2,1H3,(H,25,28). The lowest BCUT2D eigenvalue weighted by atomic mass is 10.2. The van der Waals surface area contributed by atoms with E-state index >= 15 is 0 Å². The van der Waals surface area contributed by atoms with Gasteiger partial charge in [-0.2, -0.15) is 0 Å². The Bertz CT molecular complexity index is 1010. The van der Waals surface area contributed by atoms with E-state index in [1.165, 1.54) is 5.69 Å².